The zero-order valence-electron chi connectivity index (χ0n) is 16.6. The first-order valence-corrected chi connectivity index (χ1v) is 10.2. The lowest BCUT2D eigenvalue weighted by molar-refractivity contribution is -0.140. The molecule has 3 rings (SSSR count). The van der Waals surface area contributed by atoms with Crippen LogP contribution < -0.4 is 5.32 Å². The van der Waals surface area contributed by atoms with E-state index in [0.29, 0.717) is 41.4 Å². The zero-order valence-corrected chi connectivity index (χ0v) is 17.4. The zero-order chi connectivity index (χ0) is 20.8. The summed E-state index contributed by atoms with van der Waals surface area (Å²) in [6.07, 6.45) is 1.12. The van der Waals surface area contributed by atoms with Crippen molar-refractivity contribution >= 4 is 29.3 Å². The van der Waals surface area contributed by atoms with Crippen LogP contribution in [0.2, 0.25) is 0 Å². The topological polar surface area (TPSA) is 98.5 Å². The van der Waals surface area contributed by atoms with E-state index in [9.17, 15) is 9.59 Å². The van der Waals surface area contributed by atoms with Crippen LogP contribution in [0.4, 0.5) is 0 Å². The maximum absolute atomic E-state index is 12.2. The number of aromatic nitrogens is 4. The van der Waals surface area contributed by atoms with Crippen LogP contribution in [-0.2, 0) is 16.0 Å². The van der Waals surface area contributed by atoms with Gasteiger partial charge in [0.05, 0.1) is 7.11 Å². The van der Waals surface area contributed by atoms with E-state index in [0.717, 1.165) is 5.56 Å². The molecule has 0 saturated carbocycles. The number of aryl methyl sites for hydroxylation is 1. The van der Waals surface area contributed by atoms with Gasteiger partial charge >= 0.3 is 5.97 Å². The summed E-state index contributed by atoms with van der Waals surface area (Å²) in [5.74, 6) is 0.229. The van der Waals surface area contributed by atoms with Gasteiger partial charge in [-0.3, -0.25) is 9.59 Å². The molecule has 1 N–H and O–H groups in total. The van der Waals surface area contributed by atoms with Crippen LogP contribution in [0.15, 0.2) is 41.4 Å². The first-order chi connectivity index (χ1) is 14.0. The van der Waals surface area contributed by atoms with Gasteiger partial charge < -0.3 is 10.1 Å². The number of thioether (sulfide) groups is 1. The molecule has 0 aliphatic heterocycles. The number of hydrogen-bond donors (Lipinski definition) is 1. The van der Waals surface area contributed by atoms with E-state index in [1.165, 1.54) is 18.9 Å². The standard InChI is InChI=1S/C20H23N5O3S/c1-4-15(20(27)28-3)29-18-10-9-16-22-23-17(25(16)24-18)11-12-21-19(26)14-7-5-13(2)6-8-14/h5-10,15H,4,11-12H2,1-3H3,(H,21,26)/t15-/m1/s1. The highest BCUT2D eigenvalue weighted by atomic mass is 32.2. The summed E-state index contributed by atoms with van der Waals surface area (Å²) < 4.78 is 6.47. The number of nitrogens with zero attached hydrogens (tertiary/aromatic N) is 4. The van der Waals surface area contributed by atoms with Gasteiger partial charge in [0, 0.05) is 18.5 Å². The molecule has 29 heavy (non-hydrogen) atoms. The lowest BCUT2D eigenvalue weighted by atomic mass is 10.1. The predicted octanol–water partition coefficient (Wildman–Crippen LogP) is 2.45. The number of ether oxygens (including phenoxy) is 1. The molecule has 0 unspecified atom stereocenters. The fourth-order valence-electron chi connectivity index (χ4n) is 2.71. The molecule has 1 aromatic carbocycles. The summed E-state index contributed by atoms with van der Waals surface area (Å²) in [7, 11) is 1.38. The minimum absolute atomic E-state index is 0.133. The molecular weight excluding hydrogens is 390 g/mol. The number of hydrogen-bond acceptors (Lipinski definition) is 7. The van der Waals surface area contributed by atoms with Crippen LogP contribution in [0.5, 0.6) is 0 Å². The predicted molar refractivity (Wildman–Crippen MR) is 110 cm³/mol. The van der Waals surface area contributed by atoms with Crippen LogP contribution in [0.25, 0.3) is 5.65 Å². The van der Waals surface area contributed by atoms with Gasteiger partial charge in [0.15, 0.2) is 11.5 Å². The molecule has 0 fully saturated rings. The first-order valence-electron chi connectivity index (χ1n) is 9.32. The van der Waals surface area contributed by atoms with Crippen molar-refractivity contribution in [3.8, 4) is 0 Å². The number of methoxy groups -OCH3 is 1. The molecule has 2 aromatic heterocycles. The van der Waals surface area contributed by atoms with Gasteiger partial charge in [-0.25, -0.2) is 0 Å². The third kappa shape index (κ3) is 5.11. The van der Waals surface area contributed by atoms with Crippen molar-refractivity contribution in [1.29, 1.82) is 0 Å². The van der Waals surface area contributed by atoms with Gasteiger partial charge in [-0.15, -0.1) is 10.2 Å². The van der Waals surface area contributed by atoms with Gasteiger partial charge in [0.2, 0.25) is 0 Å². The Morgan fingerprint density at radius 2 is 1.93 bits per heavy atom. The minimum Gasteiger partial charge on any atom is -0.468 e. The second kappa shape index (κ2) is 9.51. The number of benzene rings is 1. The van der Waals surface area contributed by atoms with Gasteiger partial charge in [0.25, 0.3) is 5.91 Å². The molecule has 2 heterocycles. The number of carbonyl (C=O) groups is 2. The smallest absolute Gasteiger partial charge is 0.319 e. The summed E-state index contributed by atoms with van der Waals surface area (Å²) in [4.78, 5) is 24.1. The molecule has 1 atom stereocenters. The van der Waals surface area contributed by atoms with E-state index in [-0.39, 0.29) is 17.1 Å². The van der Waals surface area contributed by atoms with Gasteiger partial charge in [-0.05, 0) is 37.6 Å². The van der Waals surface area contributed by atoms with Crippen molar-refractivity contribution in [3.05, 3.63) is 53.3 Å². The van der Waals surface area contributed by atoms with Crippen molar-refractivity contribution in [2.75, 3.05) is 13.7 Å². The Morgan fingerprint density at radius 1 is 1.17 bits per heavy atom. The number of fused-ring (bicyclic) bond motifs is 1. The number of nitrogens with one attached hydrogen (secondary N) is 1. The Bertz CT molecular complexity index is 1000. The molecule has 0 spiro atoms. The van der Waals surface area contributed by atoms with E-state index in [2.05, 4.69) is 20.6 Å². The maximum Gasteiger partial charge on any atom is 0.319 e. The molecule has 0 aliphatic rings. The maximum atomic E-state index is 12.2. The average molecular weight is 414 g/mol. The fourth-order valence-corrected chi connectivity index (χ4v) is 3.63. The third-order valence-electron chi connectivity index (χ3n) is 4.35. The van der Waals surface area contributed by atoms with E-state index in [1.54, 1.807) is 22.7 Å². The Labute approximate surface area is 173 Å². The molecule has 8 nitrogen and oxygen atoms in total. The fraction of sp³-hybridized carbons (Fsp3) is 0.350. The van der Waals surface area contributed by atoms with Crippen LogP contribution in [0.1, 0.15) is 35.1 Å². The lowest BCUT2D eigenvalue weighted by Crippen LogP contribution is -2.26. The molecule has 0 radical (unpaired) electrons. The van der Waals surface area contributed by atoms with Crippen LogP contribution in [0.3, 0.4) is 0 Å². The van der Waals surface area contributed by atoms with Gasteiger partial charge in [-0.1, -0.05) is 36.4 Å². The monoisotopic (exact) mass is 413 g/mol. The summed E-state index contributed by atoms with van der Waals surface area (Å²) >= 11 is 1.34. The SMILES string of the molecule is CC[C@@H](Sc1ccc2nnc(CCNC(=O)c3ccc(C)cc3)n2n1)C(=O)OC. The number of esters is 1. The lowest BCUT2D eigenvalue weighted by Gasteiger charge is -2.11. The molecule has 152 valence electrons. The molecule has 1 amide bonds. The van der Waals surface area contributed by atoms with Crippen molar-refractivity contribution in [3.63, 3.8) is 0 Å². The highest BCUT2D eigenvalue weighted by molar-refractivity contribution is 8.00. The highest BCUT2D eigenvalue weighted by Crippen LogP contribution is 2.24. The second-order valence-corrected chi connectivity index (χ2v) is 7.69. The number of amides is 1. The van der Waals surface area contributed by atoms with E-state index >= 15 is 0 Å². The second-order valence-electron chi connectivity index (χ2n) is 6.47. The molecular formula is C20H23N5O3S. The van der Waals surface area contributed by atoms with Crippen molar-refractivity contribution in [2.45, 2.75) is 37.0 Å². The molecule has 0 bridgehead atoms. The Hall–Kier alpha value is -2.94. The summed E-state index contributed by atoms with van der Waals surface area (Å²) in [5.41, 5.74) is 2.33. The van der Waals surface area contributed by atoms with Crippen LogP contribution >= 0.6 is 11.8 Å². The summed E-state index contributed by atoms with van der Waals surface area (Å²) in [6, 6.07) is 11.0. The molecule has 0 saturated heterocycles. The van der Waals surface area contributed by atoms with Crippen molar-refractivity contribution < 1.29 is 14.3 Å². The van der Waals surface area contributed by atoms with Crippen LogP contribution in [-0.4, -0.2) is 50.6 Å². The molecule has 9 heteroatoms. The molecule has 3 aromatic rings. The van der Waals surface area contributed by atoms with Crippen LogP contribution in [0, 0.1) is 6.92 Å². The average Bonchev–Trinajstić information content (AvgIpc) is 3.14. The summed E-state index contributed by atoms with van der Waals surface area (Å²) in [6.45, 7) is 4.31. The first kappa shape index (κ1) is 20.8. The van der Waals surface area contributed by atoms with E-state index in [4.69, 9.17) is 4.74 Å². The van der Waals surface area contributed by atoms with E-state index in [1.807, 2.05) is 32.0 Å². The minimum atomic E-state index is -0.321. The normalized spacial score (nSPS) is 12.0. The highest BCUT2D eigenvalue weighted by Gasteiger charge is 2.20. The van der Waals surface area contributed by atoms with Gasteiger partial charge in [-0.2, -0.15) is 9.61 Å². The number of rotatable bonds is 8. The third-order valence-corrected chi connectivity index (χ3v) is 5.62. The Balaban J connectivity index is 1.66. The Kier molecular flexibility index (Phi) is 6.82. The van der Waals surface area contributed by atoms with Gasteiger partial charge in [0.1, 0.15) is 10.3 Å². The quantitative estimate of drug-likeness (QED) is 0.447. The number of carbonyl (C=O) groups excluding carboxylic acids is 2. The van der Waals surface area contributed by atoms with E-state index < -0.39 is 0 Å². The Morgan fingerprint density at radius 3 is 2.62 bits per heavy atom. The summed E-state index contributed by atoms with van der Waals surface area (Å²) in [5, 5.41) is 16.1. The van der Waals surface area contributed by atoms with Crippen molar-refractivity contribution in [1.82, 2.24) is 25.1 Å². The largest absolute Gasteiger partial charge is 0.468 e. The molecule has 0 aliphatic carbocycles. The van der Waals surface area contributed by atoms with Crippen molar-refractivity contribution in [2.24, 2.45) is 0 Å².